The monoisotopic (exact) mass is 326 g/mol. The highest BCUT2D eigenvalue weighted by molar-refractivity contribution is 8.02. The number of nitrogens with zero attached hydrogens (tertiary/aromatic N) is 1. The van der Waals surface area contributed by atoms with Gasteiger partial charge in [-0.1, -0.05) is 42.5 Å². The molecular weight excluding hydrogens is 308 g/mol. The minimum Gasteiger partial charge on any atom is -0.347 e. The molecule has 1 amide bonds. The average Bonchev–Trinajstić information content (AvgIpc) is 3.02. The lowest BCUT2D eigenvalue weighted by Gasteiger charge is -2.25. The number of thioether (sulfide) groups is 1. The molecule has 1 heterocycles. The van der Waals surface area contributed by atoms with Crippen LogP contribution in [0.4, 0.5) is 0 Å². The molecule has 0 aliphatic carbocycles. The minimum atomic E-state index is -0.192. The molecule has 0 bridgehead atoms. The maximum absolute atomic E-state index is 12.3. The second-order valence-electron chi connectivity index (χ2n) is 5.40. The van der Waals surface area contributed by atoms with Crippen LogP contribution in [-0.2, 0) is 0 Å². The zero-order valence-corrected chi connectivity index (χ0v) is 13.5. The maximum Gasteiger partial charge on any atom is 0.251 e. The van der Waals surface area contributed by atoms with E-state index in [0.29, 0.717) is 5.56 Å². The quantitative estimate of drug-likeness (QED) is 0.899. The second-order valence-corrected chi connectivity index (χ2v) is 6.42. The van der Waals surface area contributed by atoms with Gasteiger partial charge in [-0.2, -0.15) is 0 Å². The molecule has 2 aromatic rings. The van der Waals surface area contributed by atoms with Crippen molar-refractivity contribution < 1.29 is 10.0 Å². The van der Waals surface area contributed by atoms with E-state index in [1.54, 1.807) is 6.20 Å². The molecule has 2 atom stereocenters. The molecule has 118 valence electrons. The van der Waals surface area contributed by atoms with Gasteiger partial charge in [0.15, 0.2) is 0 Å². The van der Waals surface area contributed by atoms with Gasteiger partial charge in [0.25, 0.3) is 5.91 Å². The predicted octanol–water partition coefficient (Wildman–Crippen LogP) is 3.71. The van der Waals surface area contributed by atoms with E-state index in [4.69, 9.17) is 0 Å². The van der Waals surface area contributed by atoms with Gasteiger partial charge >= 0.3 is 0 Å². The van der Waals surface area contributed by atoms with Gasteiger partial charge in [-0.25, -0.2) is 5.06 Å². The van der Waals surface area contributed by atoms with Crippen molar-refractivity contribution in [2.45, 2.75) is 18.3 Å². The Morgan fingerprint density at radius 3 is 2.39 bits per heavy atom. The highest BCUT2D eigenvalue weighted by Gasteiger charge is 2.26. The van der Waals surface area contributed by atoms with Crippen LogP contribution < -0.4 is 5.32 Å². The fraction of sp³-hybridized carbons (Fsp3) is 0.167. The third kappa shape index (κ3) is 3.57. The number of nitrogens with one attached hydrogen (secondary N) is 1. The summed E-state index contributed by atoms with van der Waals surface area (Å²) in [5.41, 5.74) is 2.81. The summed E-state index contributed by atoms with van der Waals surface area (Å²) in [6.07, 6.45) is 1.59. The molecule has 0 fully saturated rings. The van der Waals surface area contributed by atoms with E-state index in [0.717, 1.165) is 16.2 Å². The van der Waals surface area contributed by atoms with Gasteiger partial charge in [-0.05, 0) is 35.6 Å². The van der Waals surface area contributed by atoms with Gasteiger partial charge < -0.3 is 5.32 Å². The first-order valence-electron chi connectivity index (χ1n) is 7.41. The number of amides is 1. The van der Waals surface area contributed by atoms with E-state index < -0.39 is 0 Å². The SMILES string of the molecule is C[C@H](NC(=O)c1ccc(-c2ccccc2)cc1)C1SC=CN1O. The van der Waals surface area contributed by atoms with Gasteiger partial charge in [0.1, 0.15) is 5.37 Å². The molecule has 1 aliphatic heterocycles. The van der Waals surface area contributed by atoms with Crippen LogP contribution in [0.1, 0.15) is 17.3 Å². The molecule has 4 nitrogen and oxygen atoms in total. The zero-order valence-electron chi connectivity index (χ0n) is 12.7. The number of rotatable bonds is 4. The molecule has 0 saturated heterocycles. The van der Waals surface area contributed by atoms with Crippen LogP contribution in [0.15, 0.2) is 66.2 Å². The Morgan fingerprint density at radius 2 is 1.78 bits per heavy atom. The van der Waals surface area contributed by atoms with Crippen molar-refractivity contribution in [3.63, 3.8) is 0 Å². The van der Waals surface area contributed by atoms with Crippen molar-refractivity contribution in [1.82, 2.24) is 10.4 Å². The van der Waals surface area contributed by atoms with E-state index >= 15 is 0 Å². The molecule has 23 heavy (non-hydrogen) atoms. The van der Waals surface area contributed by atoms with Crippen LogP contribution in [0.3, 0.4) is 0 Å². The molecule has 1 aliphatic rings. The lowest BCUT2D eigenvalue weighted by atomic mass is 10.0. The number of benzene rings is 2. The topological polar surface area (TPSA) is 52.6 Å². The first kappa shape index (κ1) is 15.6. The molecule has 0 radical (unpaired) electrons. The number of hydroxylamine groups is 2. The Hall–Kier alpha value is -2.24. The number of carbonyl (C=O) groups excluding carboxylic acids is 1. The lowest BCUT2D eigenvalue weighted by Crippen LogP contribution is -2.44. The van der Waals surface area contributed by atoms with Crippen molar-refractivity contribution in [1.29, 1.82) is 0 Å². The Kier molecular flexibility index (Phi) is 4.69. The Bertz CT molecular complexity index is 701. The molecule has 2 aromatic carbocycles. The maximum atomic E-state index is 12.3. The van der Waals surface area contributed by atoms with E-state index in [1.807, 2.05) is 66.9 Å². The first-order chi connectivity index (χ1) is 11.1. The molecular formula is C18H18N2O2S. The van der Waals surface area contributed by atoms with Gasteiger partial charge in [0, 0.05) is 11.8 Å². The van der Waals surface area contributed by atoms with E-state index in [2.05, 4.69) is 5.32 Å². The summed E-state index contributed by atoms with van der Waals surface area (Å²) in [7, 11) is 0. The highest BCUT2D eigenvalue weighted by atomic mass is 32.2. The largest absolute Gasteiger partial charge is 0.347 e. The van der Waals surface area contributed by atoms with Crippen LogP contribution in [0.5, 0.6) is 0 Å². The number of carbonyl (C=O) groups is 1. The fourth-order valence-corrected chi connectivity index (χ4v) is 3.33. The third-order valence-electron chi connectivity index (χ3n) is 3.73. The lowest BCUT2D eigenvalue weighted by molar-refractivity contribution is -0.0548. The number of hydrogen-bond donors (Lipinski definition) is 2. The minimum absolute atomic E-state index is 0.141. The van der Waals surface area contributed by atoms with Crippen molar-refractivity contribution in [2.75, 3.05) is 0 Å². The molecule has 1 unspecified atom stereocenters. The second kappa shape index (κ2) is 6.89. The molecule has 5 heteroatoms. The predicted molar refractivity (Wildman–Crippen MR) is 93.0 cm³/mol. The summed E-state index contributed by atoms with van der Waals surface area (Å²) in [5.74, 6) is -0.141. The highest BCUT2D eigenvalue weighted by Crippen LogP contribution is 2.26. The van der Waals surface area contributed by atoms with E-state index in [9.17, 15) is 10.0 Å². The summed E-state index contributed by atoms with van der Waals surface area (Å²) in [6, 6.07) is 17.4. The summed E-state index contributed by atoms with van der Waals surface area (Å²) in [4.78, 5) is 12.3. The van der Waals surface area contributed by atoms with E-state index in [-0.39, 0.29) is 17.3 Å². The fourth-order valence-electron chi connectivity index (χ4n) is 2.48. The van der Waals surface area contributed by atoms with Crippen molar-refractivity contribution in [2.24, 2.45) is 0 Å². The summed E-state index contributed by atoms with van der Waals surface area (Å²) in [5, 5.41) is 15.3. The van der Waals surface area contributed by atoms with Crippen molar-refractivity contribution in [3.8, 4) is 11.1 Å². The van der Waals surface area contributed by atoms with Gasteiger partial charge in [-0.15, -0.1) is 11.8 Å². The van der Waals surface area contributed by atoms with Crippen LogP contribution in [-0.4, -0.2) is 27.6 Å². The van der Waals surface area contributed by atoms with Crippen LogP contribution in [0, 0.1) is 0 Å². The molecule has 2 N–H and O–H groups in total. The summed E-state index contributed by atoms with van der Waals surface area (Å²) < 4.78 is 0. The first-order valence-corrected chi connectivity index (χ1v) is 8.35. The van der Waals surface area contributed by atoms with Crippen molar-refractivity contribution >= 4 is 17.7 Å². The molecule has 0 aromatic heterocycles. The third-order valence-corrected chi connectivity index (χ3v) is 4.91. The smallest absolute Gasteiger partial charge is 0.251 e. The van der Waals surface area contributed by atoms with E-state index in [1.165, 1.54) is 11.8 Å². The standard InChI is InChI=1S/C18H18N2O2S/c1-13(18-20(22)11-12-23-18)19-17(21)16-9-7-15(8-10-16)14-5-3-2-4-6-14/h2-13,18,22H,1H3,(H,19,21)/t13-,18?/m0/s1. The van der Waals surface area contributed by atoms with Crippen molar-refractivity contribution in [3.05, 3.63) is 71.8 Å². The van der Waals surface area contributed by atoms with Gasteiger partial charge in [0.2, 0.25) is 0 Å². The number of hydrogen-bond acceptors (Lipinski definition) is 4. The average molecular weight is 326 g/mol. The van der Waals surface area contributed by atoms with Crippen LogP contribution in [0.25, 0.3) is 11.1 Å². The Morgan fingerprint density at radius 1 is 1.13 bits per heavy atom. The molecule has 0 spiro atoms. The van der Waals surface area contributed by atoms with Crippen LogP contribution >= 0.6 is 11.8 Å². The normalized spacial score (nSPS) is 18.0. The van der Waals surface area contributed by atoms with Crippen LogP contribution in [0.2, 0.25) is 0 Å². The molecule has 3 rings (SSSR count). The summed E-state index contributed by atoms with van der Waals surface area (Å²) in [6.45, 7) is 1.88. The molecule has 0 saturated carbocycles. The Labute approximate surface area is 139 Å². The Balaban J connectivity index is 1.66. The van der Waals surface area contributed by atoms with Gasteiger partial charge in [-0.3, -0.25) is 10.0 Å². The van der Waals surface area contributed by atoms with Gasteiger partial charge in [0.05, 0.1) is 6.04 Å². The summed E-state index contributed by atoms with van der Waals surface area (Å²) >= 11 is 1.48. The zero-order chi connectivity index (χ0) is 16.2.